The Hall–Kier alpha value is -1.75. The van der Waals surface area contributed by atoms with Gasteiger partial charge in [-0.3, -0.25) is 9.80 Å². The lowest BCUT2D eigenvalue weighted by atomic mass is 9.71. The van der Waals surface area contributed by atoms with Crippen LogP contribution < -0.4 is 0 Å². The average molecular weight is 360 g/mol. The van der Waals surface area contributed by atoms with E-state index in [0.717, 1.165) is 19.4 Å². The highest BCUT2D eigenvalue weighted by Gasteiger charge is 2.44. The summed E-state index contributed by atoms with van der Waals surface area (Å²) in [5, 5.41) is 14.4. The van der Waals surface area contributed by atoms with Crippen LogP contribution in [0.4, 0.5) is 0 Å². The molecule has 1 amide bonds. The van der Waals surface area contributed by atoms with Gasteiger partial charge in [0.25, 0.3) is 5.91 Å². The molecule has 3 rings (SSSR count). The zero-order chi connectivity index (χ0) is 19.1. The van der Waals surface area contributed by atoms with Gasteiger partial charge in [-0.2, -0.15) is 5.01 Å². The molecule has 5 nitrogen and oxygen atoms in total. The van der Waals surface area contributed by atoms with Crippen LogP contribution in [0.1, 0.15) is 66.7 Å². The average Bonchev–Trinajstić information content (AvgIpc) is 2.59. The summed E-state index contributed by atoms with van der Waals surface area (Å²) in [6, 6.07) is 0. The van der Waals surface area contributed by atoms with Crippen molar-refractivity contribution in [3.05, 3.63) is 34.9 Å². The molecule has 2 aliphatic heterocycles. The first-order valence-corrected chi connectivity index (χ1v) is 9.96. The van der Waals surface area contributed by atoms with E-state index in [9.17, 15) is 9.90 Å². The van der Waals surface area contributed by atoms with Crippen LogP contribution in [-0.4, -0.2) is 45.2 Å². The van der Waals surface area contributed by atoms with Crippen LogP contribution in [0.15, 0.2) is 34.9 Å². The number of aliphatic hydroxyl groups excluding tert-OH is 1. The van der Waals surface area contributed by atoms with Crippen molar-refractivity contribution in [3.8, 4) is 0 Å². The van der Waals surface area contributed by atoms with Crippen LogP contribution in [-0.2, 0) is 4.79 Å². The molecule has 0 spiro atoms. The maximum atomic E-state index is 13.0. The molecular weight excluding hydrogens is 326 g/mol. The Labute approximate surface area is 157 Å². The maximum absolute atomic E-state index is 13.0. The standard InChI is InChI=1S/C21H33N3O2/c1-6-23-18(14-16-15(3)10-8-12-21(16,4)5)22-13-9-11-17(25)19(22)20(26)24(23)7-2/h9,13,18,25H,6-8,10-12,14H2,1-5H3. The Morgan fingerprint density at radius 3 is 2.62 bits per heavy atom. The number of allylic oxidation sites excluding steroid dienone is 2. The molecule has 144 valence electrons. The van der Waals surface area contributed by atoms with E-state index in [2.05, 4.69) is 32.7 Å². The van der Waals surface area contributed by atoms with Gasteiger partial charge in [0.05, 0.1) is 0 Å². The quantitative estimate of drug-likeness (QED) is 0.760. The van der Waals surface area contributed by atoms with Gasteiger partial charge in [-0.1, -0.05) is 38.0 Å². The van der Waals surface area contributed by atoms with Crippen LogP contribution in [0.5, 0.6) is 0 Å². The lowest BCUT2D eigenvalue weighted by Gasteiger charge is -2.51. The van der Waals surface area contributed by atoms with Gasteiger partial charge in [0.1, 0.15) is 17.6 Å². The summed E-state index contributed by atoms with van der Waals surface area (Å²) in [6.07, 6.45) is 8.89. The molecular formula is C21H33N3O2. The van der Waals surface area contributed by atoms with Gasteiger partial charge in [-0.05, 0) is 38.5 Å². The van der Waals surface area contributed by atoms with Crippen LogP contribution in [0.2, 0.25) is 0 Å². The maximum Gasteiger partial charge on any atom is 0.288 e. The highest BCUT2D eigenvalue weighted by atomic mass is 16.3. The number of likely N-dealkylation sites (N-methyl/N-ethyl adjacent to an activating group) is 1. The van der Waals surface area contributed by atoms with Crippen molar-refractivity contribution in [2.24, 2.45) is 5.41 Å². The van der Waals surface area contributed by atoms with Gasteiger partial charge >= 0.3 is 0 Å². The molecule has 2 heterocycles. The molecule has 0 aromatic heterocycles. The monoisotopic (exact) mass is 359 g/mol. The predicted octanol–water partition coefficient (Wildman–Crippen LogP) is 4.32. The second-order valence-corrected chi connectivity index (χ2v) is 8.25. The topological polar surface area (TPSA) is 47.0 Å². The normalized spacial score (nSPS) is 26.7. The van der Waals surface area contributed by atoms with E-state index in [1.807, 2.05) is 24.1 Å². The van der Waals surface area contributed by atoms with E-state index in [0.29, 0.717) is 18.7 Å². The highest BCUT2D eigenvalue weighted by Crippen LogP contribution is 2.44. The minimum absolute atomic E-state index is 0.0219. The first kappa shape index (κ1) is 19.0. The van der Waals surface area contributed by atoms with Gasteiger partial charge in [0, 0.05) is 32.1 Å². The SMILES string of the molecule is CCN1C(=O)C2=C(O)CC=CN2C(CC2=C(C)CCCC2(C)C)N1CC. The molecule has 1 aliphatic carbocycles. The van der Waals surface area contributed by atoms with Crippen molar-refractivity contribution in [2.45, 2.75) is 72.9 Å². The highest BCUT2D eigenvalue weighted by molar-refractivity contribution is 5.94. The number of hydrazine groups is 1. The first-order chi connectivity index (χ1) is 12.3. The number of rotatable bonds is 4. The lowest BCUT2D eigenvalue weighted by Crippen LogP contribution is -2.63. The molecule has 1 N–H and O–H groups in total. The van der Waals surface area contributed by atoms with E-state index in [-0.39, 0.29) is 23.2 Å². The summed E-state index contributed by atoms with van der Waals surface area (Å²) in [6.45, 7) is 12.4. The number of carbonyl (C=O) groups is 1. The fourth-order valence-corrected chi connectivity index (χ4v) is 4.84. The van der Waals surface area contributed by atoms with Crippen molar-refractivity contribution in [1.29, 1.82) is 0 Å². The Bertz CT molecular complexity index is 675. The fourth-order valence-electron chi connectivity index (χ4n) is 4.84. The predicted molar refractivity (Wildman–Crippen MR) is 104 cm³/mol. The number of hydrogen-bond acceptors (Lipinski definition) is 4. The molecule has 1 unspecified atom stereocenters. The molecule has 1 fully saturated rings. The summed E-state index contributed by atoms with van der Waals surface area (Å²) in [5.74, 6) is 0.0892. The minimum Gasteiger partial charge on any atom is -0.510 e. The fraction of sp³-hybridized carbons (Fsp3) is 0.667. The number of fused-ring (bicyclic) bond motifs is 1. The molecule has 0 radical (unpaired) electrons. The van der Waals surface area contributed by atoms with Gasteiger partial charge in [0.15, 0.2) is 0 Å². The van der Waals surface area contributed by atoms with Gasteiger partial charge in [-0.15, -0.1) is 0 Å². The number of nitrogens with zero attached hydrogens (tertiary/aromatic N) is 3. The van der Waals surface area contributed by atoms with Gasteiger partial charge in [0.2, 0.25) is 0 Å². The molecule has 0 bridgehead atoms. The van der Waals surface area contributed by atoms with E-state index in [4.69, 9.17) is 0 Å². The number of hydrogen-bond donors (Lipinski definition) is 1. The number of carbonyl (C=O) groups excluding carboxylic acids is 1. The Morgan fingerprint density at radius 2 is 2.00 bits per heavy atom. The van der Waals surface area contributed by atoms with Crippen LogP contribution >= 0.6 is 0 Å². The number of aliphatic hydroxyl groups is 1. The third kappa shape index (κ3) is 3.07. The molecule has 1 saturated heterocycles. The molecule has 1 atom stereocenters. The van der Waals surface area contributed by atoms with E-state index in [1.165, 1.54) is 24.0 Å². The molecule has 5 heteroatoms. The molecule has 3 aliphatic rings. The van der Waals surface area contributed by atoms with E-state index < -0.39 is 0 Å². The molecule has 26 heavy (non-hydrogen) atoms. The second-order valence-electron chi connectivity index (χ2n) is 8.25. The van der Waals surface area contributed by atoms with Crippen LogP contribution in [0, 0.1) is 5.41 Å². The first-order valence-electron chi connectivity index (χ1n) is 9.96. The molecule has 0 aromatic carbocycles. The minimum atomic E-state index is -0.0962. The van der Waals surface area contributed by atoms with Crippen LogP contribution in [0.25, 0.3) is 0 Å². The Morgan fingerprint density at radius 1 is 1.27 bits per heavy atom. The zero-order valence-corrected chi connectivity index (χ0v) is 16.9. The lowest BCUT2D eigenvalue weighted by molar-refractivity contribution is -0.169. The second kappa shape index (κ2) is 7.10. The Balaban J connectivity index is 2.03. The van der Waals surface area contributed by atoms with Gasteiger partial charge < -0.3 is 10.0 Å². The third-order valence-electron chi connectivity index (χ3n) is 6.22. The third-order valence-corrected chi connectivity index (χ3v) is 6.22. The Kier molecular flexibility index (Phi) is 5.20. The van der Waals surface area contributed by atoms with Crippen molar-refractivity contribution in [2.75, 3.05) is 13.1 Å². The van der Waals surface area contributed by atoms with Crippen molar-refractivity contribution < 1.29 is 9.90 Å². The summed E-state index contributed by atoms with van der Waals surface area (Å²) in [4.78, 5) is 15.0. The van der Waals surface area contributed by atoms with Crippen molar-refractivity contribution >= 4 is 5.91 Å². The summed E-state index contributed by atoms with van der Waals surface area (Å²) >= 11 is 0. The summed E-state index contributed by atoms with van der Waals surface area (Å²) < 4.78 is 0. The zero-order valence-electron chi connectivity index (χ0n) is 16.9. The number of amides is 1. The largest absolute Gasteiger partial charge is 0.510 e. The molecule has 0 aromatic rings. The summed E-state index contributed by atoms with van der Waals surface area (Å²) in [5.41, 5.74) is 3.64. The smallest absolute Gasteiger partial charge is 0.288 e. The van der Waals surface area contributed by atoms with Gasteiger partial charge in [-0.25, -0.2) is 0 Å². The van der Waals surface area contributed by atoms with E-state index in [1.54, 1.807) is 5.01 Å². The van der Waals surface area contributed by atoms with Crippen molar-refractivity contribution in [3.63, 3.8) is 0 Å². The van der Waals surface area contributed by atoms with Crippen molar-refractivity contribution in [1.82, 2.24) is 14.9 Å². The summed E-state index contributed by atoms with van der Waals surface area (Å²) in [7, 11) is 0. The molecule has 0 saturated carbocycles. The van der Waals surface area contributed by atoms with Crippen LogP contribution in [0.3, 0.4) is 0 Å². The van der Waals surface area contributed by atoms with E-state index >= 15 is 0 Å².